The van der Waals surface area contributed by atoms with E-state index in [2.05, 4.69) is 99.0 Å². The van der Waals surface area contributed by atoms with Crippen LogP contribution in [0.5, 0.6) is 0 Å². The topological polar surface area (TPSA) is 212 Å². The van der Waals surface area contributed by atoms with Crippen LogP contribution in [0, 0.1) is 0 Å². The van der Waals surface area contributed by atoms with Crippen molar-refractivity contribution in [2.24, 2.45) is 4.99 Å². The molecule has 2 saturated heterocycles. The molecule has 2 aliphatic rings. The zero-order valence-electron chi connectivity index (χ0n) is 30.9. The van der Waals surface area contributed by atoms with Crippen LogP contribution in [-0.4, -0.2) is 114 Å². The average molecular weight is 752 g/mol. The third-order valence-electron chi connectivity index (χ3n) is 10.2. The number of aliphatic hydroxyl groups is 1. The molecular formula is C38H45N11O6. The average Bonchev–Trinajstić information content (AvgIpc) is 4.07. The molecule has 0 spiro atoms. The van der Waals surface area contributed by atoms with Gasteiger partial charge in [0.2, 0.25) is 12.3 Å². The molecule has 288 valence electrons. The number of aliphatic hydroxyl groups excluding tert-OH is 1. The van der Waals surface area contributed by atoms with Crippen molar-refractivity contribution in [3.05, 3.63) is 84.5 Å². The number of hydrogen-bond donors (Lipinski definition) is 5. The molecule has 2 aromatic carbocycles. The van der Waals surface area contributed by atoms with Crippen LogP contribution in [0.3, 0.4) is 0 Å². The molecule has 0 bridgehead atoms. The number of likely N-dealkylation sites (tertiary alicyclic amines) is 2. The number of H-pyrrole nitrogens is 3. The Bertz CT molecular complexity index is 2050. The number of methoxy groups -OCH3 is 1. The van der Waals surface area contributed by atoms with Crippen molar-refractivity contribution >= 4 is 18.4 Å². The van der Waals surface area contributed by atoms with Crippen LogP contribution in [0.25, 0.3) is 33.6 Å². The van der Waals surface area contributed by atoms with Gasteiger partial charge in [-0.3, -0.25) is 14.8 Å². The molecule has 5 aromatic rings. The van der Waals surface area contributed by atoms with Crippen LogP contribution in [0.1, 0.15) is 62.0 Å². The number of aromatic nitrogens is 7. The van der Waals surface area contributed by atoms with Crippen molar-refractivity contribution in [3.8, 4) is 33.6 Å². The maximum Gasteiger partial charge on any atom is 0.407 e. The highest BCUT2D eigenvalue weighted by atomic mass is 17.2. The molecule has 0 saturated carbocycles. The van der Waals surface area contributed by atoms with E-state index in [-0.39, 0.29) is 24.4 Å². The molecule has 2 amide bonds. The number of aliphatic imine (C=N–C) groups is 1. The minimum Gasteiger partial charge on any atom is -0.453 e. The summed E-state index contributed by atoms with van der Waals surface area (Å²) in [5, 5.41) is 24.7. The van der Waals surface area contributed by atoms with Gasteiger partial charge >= 0.3 is 6.09 Å². The molecule has 17 nitrogen and oxygen atoms in total. The van der Waals surface area contributed by atoms with Gasteiger partial charge in [-0.1, -0.05) is 53.7 Å². The first kappa shape index (κ1) is 37.4. The third-order valence-corrected chi connectivity index (χ3v) is 10.2. The monoisotopic (exact) mass is 751 g/mol. The number of carbonyl (C=O) groups excluding carboxylic acids is 2. The van der Waals surface area contributed by atoms with Crippen molar-refractivity contribution in [2.75, 3.05) is 27.3 Å². The van der Waals surface area contributed by atoms with Crippen LogP contribution >= 0.6 is 0 Å². The van der Waals surface area contributed by atoms with Gasteiger partial charge < -0.3 is 34.9 Å². The Hall–Kier alpha value is -5.91. The number of rotatable bonds is 14. The second-order valence-corrected chi connectivity index (χ2v) is 13.6. The highest BCUT2D eigenvalue weighted by molar-refractivity contribution is 5.83. The molecule has 55 heavy (non-hydrogen) atoms. The van der Waals surface area contributed by atoms with Crippen molar-refractivity contribution in [3.63, 3.8) is 0 Å². The number of hydrogen-bond acceptors (Lipinski definition) is 12. The van der Waals surface area contributed by atoms with Gasteiger partial charge in [0.05, 0.1) is 61.8 Å². The minimum atomic E-state index is -1.01. The highest BCUT2D eigenvalue weighted by Gasteiger charge is 2.38. The molecule has 2 fully saturated rings. The lowest BCUT2D eigenvalue weighted by atomic mass is 10.0. The predicted octanol–water partition coefficient (Wildman–Crippen LogP) is 4.33. The Morgan fingerprint density at radius 1 is 0.927 bits per heavy atom. The van der Waals surface area contributed by atoms with E-state index in [4.69, 9.17) is 9.72 Å². The first-order valence-electron chi connectivity index (χ1n) is 18.3. The lowest BCUT2D eigenvalue weighted by Gasteiger charge is -2.33. The van der Waals surface area contributed by atoms with Gasteiger partial charge in [-0.25, -0.2) is 19.8 Å². The second-order valence-electron chi connectivity index (χ2n) is 13.6. The van der Waals surface area contributed by atoms with Gasteiger partial charge in [-0.05, 0) is 54.9 Å². The van der Waals surface area contributed by atoms with Crippen LogP contribution in [-0.2, 0) is 25.7 Å². The van der Waals surface area contributed by atoms with E-state index in [0.29, 0.717) is 18.8 Å². The summed E-state index contributed by atoms with van der Waals surface area (Å²) < 4.78 is 4.81. The number of amides is 2. The fraction of sp³-hybridized carbons (Fsp3) is 0.395. The van der Waals surface area contributed by atoms with Crippen molar-refractivity contribution in [2.45, 2.75) is 69.4 Å². The number of benzene rings is 2. The van der Waals surface area contributed by atoms with Gasteiger partial charge in [0.1, 0.15) is 23.9 Å². The quantitative estimate of drug-likeness (QED) is 0.0466. The third kappa shape index (κ3) is 8.43. The lowest BCUT2D eigenvalue weighted by molar-refractivity contribution is -0.188. The van der Waals surface area contributed by atoms with Crippen LogP contribution in [0.15, 0.2) is 72.1 Å². The molecule has 5 N–H and O–H groups in total. The SMILES string of the molecule is COO/C=N\[C@@H](C)C(=O)N1CCC[C@H]1c1ncc(-c2ccc(-c3ccc(-c4cnc([C@@H]5CCCN5C(O)[C@@H](Cc5c[nH]nn5)NC(=O)OC)[nH]4)cc3)cc2)[nH]1. The van der Waals surface area contributed by atoms with E-state index < -0.39 is 24.4 Å². The van der Waals surface area contributed by atoms with Crippen molar-refractivity contribution in [1.29, 1.82) is 0 Å². The number of carbonyl (C=O) groups is 2. The standard InChI is InChI=1S/C38H45N11O6/c1-23(41-22-55-54-3)36(50)48-16-4-6-32(48)34-39-20-30(43-34)26-12-8-24(9-13-26)25-10-14-27(15-11-25)31-21-40-35(44-31)33-7-5-17-49(33)37(51)29(45-38(52)53-2)18-28-19-42-47-46-28/h8-15,19-23,29,32-33,37,51H,4-7,16-18H2,1-3H3,(H,39,43)(H,40,44)(H,45,52)(H,42,46,47)/b41-22-/t23-,29+,32-,33-,37?/m0/s1. The van der Waals surface area contributed by atoms with E-state index in [9.17, 15) is 14.7 Å². The molecule has 7 rings (SSSR count). The number of ether oxygens (including phenoxy) is 1. The number of imidazole rings is 2. The van der Waals surface area contributed by atoms with Gasteiger partial charge in [0.15, 0.2) is 0 Å². The molecule has 2 aliphatic heterocycles. The predicted molar refractivity (Wildman–Crippen MR) is 201 cm³/mol. The van der Waals surface area contributed by atoms with E-state index in [1.807, 2.05) is 22.2 Å². The summed E-state index contributed by atoms with van der Waals surface area (Å²) in [6.45, 7) is 3.01. The van der Waals surface area contributed by atoms with Crippen molar-refractivity contribution < 1.29 is 29.2 Å². The maximum atomic E-state index is 13.1. The molecule has 1 unspecified atom stereocenters. The van der Waals surface area contributed by atoms with Crippen LogP contribution in [0.2, 0.25) is 0 Å². The largest absolute Gasteiger partial charge is 0.453 e. The number of aromatic amines is 3. The number of nitrogens with zero attached hydrogens (tertiary/aromatic N) is 7. The summed E-state index contributed by atoms with van der Waals surface area (Å²) in [5.74, 6) is 1.41. The number of nitrogens with one attached hydrogen (secondary N) is 4. The zero-order chi connectivity index (χ0) is 38.3. The molecule has 0 aliphatic carbocycles. The summed E-state index contributed by atoms with van der Waals surface area (Å²) >= 11 is 0. The Labute approximate surface area is 317 Å². The van der Waals surface area contributed by atoms with E-state index in [0.717, 1.165) is 77.4 Å². The highest BCUT2D eigenvalue weighted by Crippen LogP contribution is 2.35. The van der Waals surface area contributed by atoms with E-state index >= 15 is 0 Å². The summed E-state index contributed by atoms with van der Waals surface area (Å²) in [4.78, 5) is 58.6. The summed E-state index contributed by atoms with van der Waals surface area (Å²) in [6, 6.07) is 15.0. The summed E-state index contributed by atoms with van der Waals surface area (Å²) in [5.41, 5.74) is 6.46. The fourth-order valence-corrected chi connectivity index (χ4v) is 7.39. The summed E-state index contributed by atoms with van der Waals surface area (Å²) in [6.07, 6.45) is 8.40. The normalized spacial score (nSPS) is 19.1. The smallest absolute Gasteiger partial charge is 0.407 e. The van der Waals surface area contributed by atoms with Gasteiger partial charge in [-0.15, -0.1) is 5.10 Å². The van der Waals surface area contributed by atoms with Crippen LogP contribution < -0.4 is 5.32 Å². The molecule has 5 heterocycles. The number of alkyl carbamates (subject to hydrolysis) is 1. The van der Waals surface area contributed by atoms with Gasteiger partial charge in [0, 0.05) is 25.7 Å². The Morgan fingerprint density at radius 3 is 2.13 bits per heavy atom. The zero-order valence-corrected chi connectivity index (χ0v) is 30.9. The second kappa shape index (κ2) is 17.0. The first-order chi connectivity index (χ1) is 26.8. The first-order valence-corrected chi connectivity index (χ1v) is 18.3. The fourth-order valence-electron chi connectivity index (χ4n) is 7.39. The maximum absolute atomic E-state index is 13.1. The lowest BCUT2D eigenvalue weighted by Crippen LogP contribution is -2.52. The summed E-state index contributed by atoms with van der Waals surface area (Å²) in [7, 11) is 2.67. The Morgan fingerprint density at radius 2 is 1.53 bits per heavy atom. The molecule has 3 aromatic heterocycles. The van der Waals surface area contributed by atoms with Crippen LogP contribution in [0.4, 0.5) is 4.79 Å². The Kier molecular flexibility index (Phi) is 11.6. The molecule has 17 heteroatoms. The molecule has 5 atom stereocenters. The van der Waals surface area contributed by atoms with E-state index in [1.54, 1.807) is 13.1 Å². The van der Waals surface area contributed by atoms with Crippen molar-refractivity contribution in [1.82, 2.24) is 50.5 Å². The van der Waals surface area contributed by atoms with Gasteiger partial charge in [0.25, 0.3) is 0 Å². The minimum absolute atomic E-state index is 0.0872. The Balaban J connectivity index is 0.991. The van der Waals surface area contributed by atoms with Gasteiger partial charge in [-0.2, -0.15) is 4.89 Å². The molecule has 0 radical (unpaired) electrons. The molecular weight excluding hydrogens is 706 g/mol. The van der Waals surface area contributed by atoms with E-state index in [1.165, 1.54) is 14.2 Å².